The molecule has 0 heterocycles. The van der Waals surface area contributed by atoms with Gasteiger partial charge in [-0.3, -0.25) is 0 Å². The molecule has 0 fully saturated rings. The third-order valence-corrected chi connectivity index (χ3v) is 3.31. The molecule has 2 aliphatic carbocycles. The van der Waals surface area contributed by atoms with Gasteiger partial charge in [-0.25, -0.2) is 0 Å². The molecule has 2 bridgehead atoms. The Morgan fingerprint density at radius 1 is 1.00 bits per heavy atom. The second kappa shape index (κ2) is 1.91. The van der Waals surface area contributed by atoms with Gasteiger partial charge < -0.3 is 0 Å². The molecule has 0 radical (unpaired) electrons. The summed E-state index contributed by atoms with van der Waals surface area (Å²) in [5.41, 5.74) is 0. The van der Waals surface area contributed by atoms with Crippen LogP contribution in [0.4, 0.5) is 0 Å². The summed E-state index contributed by atoms with van der Waals surface area (Å²) >= 11 is 1.99. The second-order valence-corrected chi connectivity index (χ2v) is 3.64. The fourth-order valence-electron chi connectivity index (χ4n) is 1.65. The molecule has 0 N–H and O–H groups in total. The van der Waals surface area contributed by atoms with Crippen LogP contribution in [-0.2, 0) is 0 Å². The summed E-state index contributed by atoms with van der Waals surface area (Å²) in [6, 6.07) is 0. The van der Waals surface area contributed by atoms with Crippen LogP contribution < -0.4 is 0 Å². The summed E-state index contributed by atoms with van der Waals surface area (Å²) in [7, 11) is 0. The normalized spacial score (nSPS) is 44.8. The minimum Gasteiger partial charge on any atom is -0.160 e. The molecular weight excluding hydrogens is 128 g/mol. The highest BCUT2D eigenvalue weighted by molar-refractivity contribution is 7.99. The van der Waals surface area contributed by atoms with Crippen LogP contribution in [0.3, 0.4) is 0 Å². The predicted octanol–water partition coefficient (Wildman–Crippen LogP) is 2.09. The predicted molar refractivity (Wildman–Crippen MR) is 42.6 cm³/mol. The van der Waals surface area contributed by atoms with Crippen LogP contribution in [0.5, 0.6) is 0 Å². The molecule has 48 valence electrons. The number of fused-ring (bicyclic) bond motifs is 2. The number of thioether (sulfide) groups is 1. The largest absolute Gasteiger partial charge is 0.160 e. The van der Waals surface area contributed by atoms with Crippen molar-refractivity contribution in [2.24, 2.45) is 11.8 Å². The fraction of sp³-hybridized carbons (Fsp3) is 0.500. The number of allylic oxidation sites excluding steroid dienone is 4. The second-order valence-electron chi connectivity index (χ2n) is 2.62. The summed E-state index contributed by atoms with van der Waals surface area (Å²) in [6.45, 7) is 0. The van der Waals surface area contributed by atoms with Crippen LogP contribution in [0.15, 0.2) is 24.3 Å². The third kappa shape index (κ3) is 0.677. The molecule has 0 aliphatic heterocycles. The molecule has 0 aromatic rings. The Hall–Kier alpha value is -0.170. The molecule has 0 saturated carbocycles. The van der Waals surface area contributed by atoms with Crippen LogP contribution in [-0.4, -0.2) is 11.5 Å². The van der Waals surface area contributed by atoms with Crippen LogP contribution in [0.1, 0.15) is 0 Å². The third-order valence-electron chi connectivity index (χ3n) is 2.14. The molecule has 1 heteroatoms. The maximum absolute atomic E-state index is 2.33. The molecule has 0 amide bonds. The lowest BCUT2D eigenvalue weighted by molar-refractivity contribution is 0.756. The number of rotatable bonds is 1. The van der Waals surface area contributed by atoms with E-state index in [1.54, 1.807) is 0 Å². The smallest absolute Gasteiger partial charge is 0.0239 e. The Kier molecular flexibility index (Phi) is 1.19. The molecule has 0 aromatic carbocycles. The van der Waals surface area contributed by atoms with Crippen LogP contribution in [0, 0.1) is 11.8 Å². The lowest BCUT2D eigenvalue weighted by Gasteiger charge is -2.10. The topological polar surface area (TPSA) is 0 Å². The molecule has 2 rings (SSSR count). The Bertz CT molecular complexity index is 139. The van der Waals surface area contributed by atoms with Crippen molar-refractivity contribution >= 4 is 11.8 Å². The van der Waals surface area contributed by atoms with Gasteiger partial charge in [-0.1, -0.05) is 24.3 Å². The van der Waals surface area contributed by atoms with Gasteiger partial charge in [0.25, 0.3) is 0 Å². The van der Waals surface area contributed by atoms with Gasteiger partial charge >= 0.3 is 0 Å². The number of hydrogen-bond donors (Lipinski definition) is 0. The highest BCUT2D eigenvalue weighted by Crippen LogP contribution is 2.39. The summed E-state index contributed by atoms with van der Waals surface area (Å²) < 4.78 is 0. The van der Waals surface area contributed by atoms with E-state index in [1.807, 2.05) is 11.8 Å². The zero-order valence-corrected chi connectivity index (χ0v) is 6.27. The van der Waals surface area contributed by atoms with Crippen molar-refractivity contribution in [2.45, 2.75) is 5.25 Å². The first-order valence-electron chi connectivity index (χ1n) is 3.31. The minimum atomic E-state index is 0.755. The van der Waals surface area contributed by atoms with Gasteiger partial charge in [-0.05, 0) is 6.26 Å². The Balaban J connectivity index is 2.20. The van der Waals surface area contributed by atoms with Gasteiger partial charge in [0, 0.05) is 17.1 Å². The summed E-state index contributed by atoms with van der Waals surface area (Å²) in [4.78, 5) is 0. The van der Waals surface area contributed by atoms with Crippen molar-refractivity contribution in [1.29, 1.82) is 0 Å². The first-order chi connectivity index (χ1) is 4.42. The van der Waals surface area contributed by atoms with E-state index >= 15 is 0 Å². The molecule has 0 aromatic heterocycles. The standard InChI is InChI=1S/C8H10S/c1-9-8-6-2-3-7(8)5-4-6/h2-8H,1H3. The van der Waals surface area contributed by atoms with Crippen molar-refractivity contribution in [3.63, 3.8) is 0 Å². The fourth-order valence-corrected chi connectivity index (χ4v) is 2.64. The van der Waals surface area contributed by atoms with E-state index in [1.165, 1.54) is 0 Å². The Morgan fingerprint density at radius 2 is 1.44 bits per heavy atom. The molecule has 2 aliphatic rings. The molecule has 0 atom stereocenters. The van der Waals surface area contributed by atoms with Gasteiger partial charge in [0.05, 0.1) is 0 Å². The lowest BCUT2D eigenvalue weighted by Crippen LogP contribution is -2.08. The van der Waals surface area contributed by atoms with E-state index in [4.69, 9.17) is 0 Å². The van der Waals surface area contributed by atoms with E-state index < -0.39 is 0 Å². The minimum absolute atomic E-state index is 0.755. The molecule has 0 spiro atoms. The van der Waals surface area contributed by atoms with Crippen LogP contribution in [0.2, 0.25) is 0 Å². The maximum atomic E-state index is 2.33. The van der Waals surface area contributed by atoms with Crippen molar-refractivity contribution in [1.82, 2.24) is 0 Å². The molecule has 9 heavy (non-hydrogen) atoms. The Morgan fingerprint density at radius 3 is 1.67 bits per heavy atom. The van der Waals surface area contributed by atoms with Crippen molar-refractivity contribution < 1.29 is 0 Å². The molecular formula is C8H10S. The van der Waals surface area contributed by atoms with Crippen molar-refractivity contribution in [3.05, 3.63) is 24.3 Å². The summed E-state index contributed by atoms with van der Waals surface area (Å²) in [5, 5.41) is 0.838. The first-order valence-corrected chi connectivity index (χ1v) is 4.60. The monoisotopic (exact) mass is 138 g/mol. The van der Waals surface area contributed by atoms with Crippen molar-refractivity contribution in [2.75, 3.05) is 6.26 Å². The summed E-state index contributed by atoms with van der Waals surface area (Å²) in [6.07, 6.45) is 11.5. The van der Waals surface area contributed by atoms with Gasteiger partial charge in [-0.15, -0.1) is 0 Å². The molecule has 0 saturated heterocycles. The first kappa shape index (κ1) is 5.60. The van der Waals surface area contributed by atoms with E-state index in [0.29, 0.717) is 0 Å². The van der Waals surface area contributed by atoms with Gasteiger partial charge in [0.1, 0.15) is 0 Å². The quantitative estimate of drug-likeness (QED) is 0.500. The highest BCUT2D eigenvalue weighted by Gasteiger charge is 2.31. The van der Waals surface area contributed by atoms with E-state index in [9.17, 15) is 0 Å². The van der Waals surface area contributed by atoms with Gasteiger partial charge in [0.15, 0.2) is 0 Å². The van der Waals surface area contributed by atoms with Gasteiger partial charge in [-0.2, -0.15) is 11.8 Å². The lowest BCUT2D eigenvalue weighted by atomic mass is 10.1. The molecule has 0 nitrogen and oxygen atoms in total. The van der Waals surface area contributed by atoms with Crippen LogP contribution >= 0.6 is 11.8 Å². The van der Waals surface area contributed by atoms with E-state index in [-0.39, 0.29) is 0 Å². The van der Waals surface area contributed by atoms with Crippen molar-refractivity contribution in [3.8, 4) is 0 Å². The van der Waals surface area contributed by atoms with E-state index in [0.717, 1.165) is 17.1 Å². The van der Waals surface area contributed by atoms with E-state index in [2.05, 4.69) is 30.6 Å². The average Bonchev–Trinajstić information content (AvgIpc) is 2.44. The Labute approximate surface area is 60.0 Å². The van der Waals surface area contributed by atoms with Gasteiger partial charge in [0.2, 0.25) is 0 Å². The highest BCUT2D eigenvalue weighted by atomic mass is 32.2. The molecule has 0 unspecified atom stereocenters. The zero-order valence-electron chi connectivity index (χ0n) is 5.45. The summed E-state index contributed by atoms with van der Waals surface area (Å²) in [5.74, 6) is 1.51. The maximum Gasteiger partial charge on any atom is 0.0239 e. The number of hydrogen-bond acceptors (Lipinski definition) is 1. The van der Waals surface area contributed by atoms with Crippen LogP contribution in [0.25, 0.3) is 0 Å². The SMILES string of the molecule is CSC1C2C=CC1C=C2. The zero-order chi connectivity index (χ0) is 6.27. The average molecular weight is 138 g/mol.